The topological polar surface area (TPSA) is 40.1 Å². The Hall–Kier alpha value is -1.75. The van der Waals surface area contributed by atoms with Crippen LogP contribution in [0.15, 0.2) is 35.3 Å². The number of likely N-dealkylation sites (N-methyl/N-ethyl adjacent to an activating group) is 1. The molecule has 0 radical (unpaired) electrons. The molecule has 2 rings (SSSR count). The van der Waals surface area contributed by atoms with Crippen molar-refractivity contribution in [2.75, 3.05) is 52.3 Å². The fraction of sp³-hybridized carbons (Fsp3) is 0.611. The molecule has 0 spiro atoms. The van der Waals surface area contributed by atoms with E-state index in [-0.39, 0.29) is 0 Å². The Bertz CT molecular complexity index is 485. The van der Waals surface area contributed by atoms with Crippen LogP contribution in [0.5, 0.6) is 0 Å². The summed E-state index contributed by atoms with van der Waals surface area (Å²) in [5.41, 5.74) is 1.23. The van der Waals surface area contributed by atoms with Crippen LogP contribution in [-0.4, -0.2) is 64.3 Å². The van der Waals surface area contributed by atoms with Crippen LogP contribution in [0.3, 0.4) is 0 Å². The van der Waals surface area contributed by atoms with E-state index in [1.807, 2.05) is 13.1 Å². The minimum absolute atomic E-state index is 0.373. The first-order chi connectivity index (χ1) is 11.1. The monoisotopic (exact) mass is 318 g/mol. The van der Waals surface area contributed by atoms with Crippen LogP contribution < -0.4 is 10.2 Å². The zero-order valence-electron chi connectivity index (χ0n) is 14.8. The molecule has 0 aliphatic carbocycles. The summed E-state index contributed by atoms with van der Waals surface area (Å²) < 4.78 is 5.46. The van der Waals surface area contributed by atoms with Gasteiger partial charge in [0.05, 0.1) is 6.61 Å². The largest absolute Gasteiger partial charge is 0.381 e. The van der Waals surface area contributed by atoms with Gasteiger partial charge in [0.25, 0.3) is 0 Å². The number of rotatable bonds is 6. The highest BCUT2D eigenvalue weighted by Gasteiger charge is 2.19. The minimum Gasteiger partial charge on any atom is -0.381 e. The number of guanidine groups is 1. The lowest BCUT2D eigenvalue weighted by atomic mass is 10.1. The van der Waals surface area contributed by atoms with Gasteiger partial charge in [0.15, 0.2) is 5.96 Å². The molecule has 2 unspecified atom stereocenters. The molecule has 0 amide bonds. The van der Waals surface area contributed by atoms with Gasteiger partial charge in [-0.05, 0) is 25.5 Å². The van der Waals surface area contributed by atoms with Crippen LogP contribution in [0.25, 0.3) is 0 Å². The quantitative estimate of drug-likeness (QED) is 0.644. The standard InChI is InChI=1S/C18H30N4O/c1-15(22(4)17-8-6-5-7-9-17)12-20-18(19-2)21(3)13-16-10-11-23-14-16/h5-9,15-16H,10-14H2,1-4H3,(H,19,20). The van der Waals surface area contributed by atoms with Crippen molar-refractivity contribution in [2.24, 2.45) is 10.9 Å². The molecule has 5 heteroatoms. The van der Waals surface area contributed by atoms with E-state index in [4.69, 9.17) is 4.74 Å². The van der Waals surface area contributed by atoms with Gasteiger partial charge in [-0.1, -0.05) is 18.2 Å². The zero-order valence-corrected chi connectivity index (χ0v) is 14.8. The molecule has 2 atom stereocenters. The fourth-order valence-corrected chi connectivity index (χ4v) is 2.88. The van der Waals surface area contributed by atoms with Crippen molar-refractivity contribution in [2.45, 2.75) is 19.4 Å². The van der Waals surface area contributed by atoms with Gasteiger partial charge in [-0.15, -0.1) is 0 Å². The average molecular weight is 318 g/mol. The van der Waals surface area contributed by atoms with E-state index >= 15 is 0 Å². The van der Waals surface area contributed by atoms with Crippen LogP contribution in [-0.2, 0) is 4.74 Å². The number of anilines is 1. The molecule has 1 saturated heterocycles. The second kappa shape index (κ2) is 8.77. The van der Waals surface area contributed by atoms with Crippen LogP contribution in [0.1, 0.15) is 13.3 Å². The third-order valence-corrected chi connectivity index (χ3v) is 4.51. The van der Waals surface area contributed by atoms with E-state index in [0.717, 1.165) is 38.7 Å². The number of hydrogen-bond donors (Lipinski definition) is 1. The van der Waals surface area contributed by atoms with Gasteiger partial charge in [-0.25, -0.2) is 0 Å². The number of nitrogens with zero attached hydrogens (tertiary/aromatic N) is 3. The van der Waals surface area contributed by atoms with E-state index in [2.05, 4.69) is 65.4 Å². The third-order valence-electron chi connectivity index (χ3n) is 4.51. The summed E-state index contributed by atoms with van der Waals surface area (Å²) in [6.45, 7) is 5.82. The second-order valence-corrected chi connectivity index (χ2v) is 6.33. The van der Waals surface area contributed by atoms with Crippen molar-refractivity contribution in [3.05, 3.63) is 30.3 Å². The minimum atomic E-state index is 0.373. The molecule has 23 heavy (non-hydrogen) atoms. The summed E-state index contributed by atoms with van der Waals surface area (Å²) >= 11 is 0. The average Bonchev–Trinajstić information content (AvgIpc) is 3.08. The van der Waals surface area contributed by atoms with Crippen molar-refractivity contribution in [1.29, 1.82) is 0 Å². The summed E-state index contributed by atoms with van der Waals surface area (Å²) in [4.78, 5) is 8.89. The predicted octanol–water partition coefficient (Wildman–Crippen LogP) is 2.05. The maximum Gasteiger partial charge on any atom is 0.193 e. The fourth-order valence-electron chi connectivity index (χ4n) is 2.88. The van der Waals surface area contributed by atoms with Crippen LogP contribution in [0.4, 0.5) is 5.69 Å². The number of para-hydroxylation sites is 1. The summed E-state index contributed by atoms with van der Waals surface area (Å²) in [6.07, 6.45) is 1.15. The van der Waals surface area contributed by atoms with Crippen molar-refractivity contribution in [3.63, 3.8) is 0 Å². The SMILES string of the molecule is CN=C(NCC(C)N(C)c1ccccc1)N(C)CC1CCOC1. The van der Waals surface area contributed by atoms with Gasteiger partial charge in [-0.2, -0.15) is 0 Å². The van der Waals surface area contributed by atoms with Crippen molar-refractivity contribution >= 4 is 11.6 Å². The van der Waals surface area contributed by atoms with Crippen molar-refractivity contribution in [3.8, 4) is 0 Å². The van der Waals surface area contributed by atoms with E-state index in [9.17, 15) is 0 Å². The first-order valence-electron chi connectivity index (χ1n) is 8.39. The Kier molecular flexibility index (Phi) is 6.71. The number of nitrogens with one attached hydrogen (secondary N) is 1. The number of aliphatic imine (C=N–C) groups is 1. The predicted molar refractivity (Wildman–Crippen MR) is 97.2 cm³/mol. The lowest BCUT2D eigenvalue weighted by molar-refractivity contribution is 0.181. The first kappa shape index (κ1) is 17.6. The van der Waals surface area contributed by atoms with E-state index in [0.29, 0.717) is 12.0 Å². The highest BCUT2D eigenvalue weighted by Crippen LogP contribution is 2.14. The summed E-state index contributed by atoms with van der Waals surface area (Å²) in [5.74, 6) is 1.56. The molecule has 1 aromatic rings. The van der Waals surface area contributed by atoms with Crippen molar-refractivity contribution < 1.29 is 4.74 Å². The first-order valence-corrected chi connectivity index (χ1v) is 8.39. The van der Waals surface area contributed by atoms with E-state index < -0.39 is 0 Å². The molecule has 0 bridgehead atoms. The number of benzene rings is 1. The van der Waals surface area contributed by atoms with Gasteiger partial charge in [0.2, 0.25) is 0 Å². The van der Waals surface area contributed by atoms with Crippen LogP contribution >= 0.6 is 0 Å². The molecular weight excluding hydrogens is 288 g/mol. The lowest BCUT2D eigenvalue weighted by Gasteiger charge is -2.30. The van der Waals surface area contributed by atoms with Crippen LogP contribution in [0.2, 0.25) is 0 Å². The van der Waals surface area contributed by atoms with E-state index in [1.54, 1.807) is 0 Å². The molecule has 1 N–H and O–H groups in total. The molecule has 1 fully saturated rings. The number of hydrogen-bond acceptors (Lipinski definition) is 3. The normalized spacial score (nSPS) is 19.5. The van der Waals surface area contributed by atoms with Gasteiger partial charge in [0, 0.05) is 58.5 Å². The van der Waals surface area contributed by atoms with Crippen LogP contribution in [0, 0.1) is 5.92 Å². The smallest absolute Gasteiger partial charge is 0.193 e. The number of ether oxygens (including phenoxy) is 1. The maximum absolute atomic E-state index is 5.46. The molecule has 1 aliphatic heterocycles. The molecular formula is C18H30N4O. The Morgan fingerprint density at radius 1 is 1.35 bits per heavy atom. The lowest BCUT2D eigenvalue weighted by Crippen LogP contribution is -2.46. The highest BCUT2D eigenvalue weighted by atomic mass is 16.5. The molecule has 1 aliphatic rings. The van der Waals surface area contributed by atoms with Gasteiger partial charge >= 0.3 is 0 Å². The van der Waals surface area contributed by atoms with Gasteiger partial charge < -0.3 is 19.9 Å². The Morgan fingerprint density at radius 2 is 2.09 bits per heavy atom. The van der Waals surface area contributed by atoms with Gasteiger partial charge in [0.1, 0.15) is 0 Å². The zero-order chi connectivity index (χ0) is 16.7. The third kappa shape index (κ3) is 5.13. The molecule has 128 valence electrons. The maximum atomic E-state index is 5.46. The molecule has 5 nitrogen and oxygen atoms in total. The molecule has 1 aromatic carbocycles. The Morgan fingerprint density at radius 3 is 2.70 bits per heavy atom. The summed E-state index contributed by atoms with van der Waals surface area (Å²) in [7, 11) is 6.07. The Balaban J connectivity index is 1.82. The van der Waals surface area contributed by atoms with Crippen molar-refractivity contribution in [1.82, 2.24) is 10.2 Å². The molecule has 1 heterocycles. The summed E-state index contributed by atoms with van der Waals surface area (Å²) in [6, 6.07) is 10.8. The second-order valence-electron chi connectivity index (χ2n) is 6.33. The highest BCUT2D eigenvalue weighted by molar-refractivity contribution is 5.79. The molecule has 0 saturated carbocycles. The van der Waals surface area contributed by atoms with E-state index in [1.165, 1.54) is 5.69 Å². The van der Waals surface area contributed by atoms with Gasteiger partial charge in [-0.3, -0.25) is 4.99 Å². The Labute approximate surface area is 140 Å². The molecule has 0 aromatic heterocycles. The summed E-state index contributed by atoms with van der Waals surface area (Å²) in [5, 5.41) is 3.49.